The number of hydrogen-bond donors (Lipinski definition) is 0. The molecule has 0 spiro atoms. The Morgan fingerprint density at radius 3 is 2.45 bits per heavy atom. The molecule has 1 aliphatic rings. The van der Waals surface area contributed by atoms with E-state index in [-0.39, 0.29) is 24.0 Å². The summed E-state index contributed by atoms with van der Waals surface area (Å²) in [6, 6.07) is 8.06. The summed E-state index contributed by atoms with van der Waals surface area (Å²) >= 11 is 1.54. The van der Waals surface area contributed by atoms with Crippen LogP contribution in [-0.4, -0.2) is 70.3 Å². The van der Waals surface area contributed by atoms with Crippen LogP contribution in [0.4, 0.5) is 0 Å². The summed E-state index contributed by atoms with van der Waals surface area (Å²) in [7, 11) is 0. The Hall–Kier alpha value is -1.99. The number of likely N-dealkylation sites (N-methyl/N-ethyl adjacent to an activating group) is 1. The van der Waals surface area contributed by atoms with E-state index >= 15 is 0 Å². The molecule has 1 aliphatic heterocycles. The third kappa shape index (κ3) is 5.14. The minimum atomic E-state index is 0.0701. The van der Waals surface area contributed by atoms with Crippen LogP contribution in [0.1, 0.15) is 27.7 Å². The number of hydrogen-bond acceptors (Lipinski definition) is 4. The third-order valence-corrected chi connectivity index (χ3v) is 6.32. The predicted molar refractivity (Wildman–Crippen MR) is 117 cm³/mol. The molecular formula is C22H31N3O3S. The van der Waals surface area contributed by atoms with Crippen LogP contribution in [0.15, 0.2) is 35.4 Å². The summed E-state index contributed by atoms with van der Waals surface area (Å²) in [6.45, 7) is 11.0. The number of amides is 2. The Bertz CT molecular complexity index is 852. The number of thioether (sulfide) groups is 1. The van der Waals surface area contributed by atoms with Crippen molar-refractivity contribution in [1.29, 1.82) is 0 Å². The van der Waals surface area contributed by atoms with Gasteiger partial charge >= 0.3 is 0 Å². The quantitative estimate of drug-likeness (QED) is 0.649. The fraction of sp³-hybridized carbons (Fsp3) is 0.545. The second kappa shape index (κ2) is 9.67. The van der Waals surface area contributed by atoms with Gasteiger partial charge in [0.05, 0.1) is 18.0 Å². The summed E-state index contributed by atoms with van der Waals surface area (Å²) in [5.74, 6) is 0.630. The van der Waals surface area contributed by atoms with E-state index in [4.69, 9.17) is 4.74 Å². The van der Waals surface area contributed by atoms with Crippen LogP contribution < -0.4 is 0 Å². The van der Waals surface area contributed by atoms with E-state index in [0.29, 0.717) is 38.5 Å². The minimum Gasteiger partial charge on any atom is -0.372 e. The molecule has 158 valence electrons. The molecule has 3 rings (SSSR count). The molecule has 0 unspecified atom stereocenters. The van der Waals surface area contributed by atoms with Gasteiger partial charge in [-0.25, -0.2) is 0 Å². The lowest BCUT2D eigenvalue weighted by Crippen LogP contribution is -2.48. The average Bonchev–Trinajstić information content (AvgIpc) is 3.04. The van der Waals surface area contributed by atoms with E-state index < -0.39 is 0 Å². The minimum absolute atomic E-state index is 0.0701. The summed E-state index contributed by atoms with van der Waals surface area (Å²) in [4.78, 5) is 30.1. The maximum atomic E-state index is 12.7. The van der Waals surface area contributed by atoms with Gasteiger partial charge in [-0.3, -0.25) is 9.59 Å². The van der Waals surface area contributed by atoms with Gasteiger partial charge < -0.3 is 19.1 Å². The molecule has 2 aromatic rings. The molecule has 1 saturated heterocycles. The Labute approximate surface area is 177 Å². The first-order valence-corrected chi connectivity index (χ1v) is 11.3. The van der Waals surface area contributed by atoms with Crippen molar-refractivity contribution in [2.45, 2.75) is 51.3 Å². The molecular weight excluding hydrogens is 386 g/mol. The topological polar surface area (TPSA) is 54.8 Å². The number of carbonyl (C=O) groups is 2. The first-order chi connectivity index (χ1) is 13.9. The van der Waals surface area contributed by atoms with Crippen molar-refractivity contribution >= 4 is 34.5 Å². The van der Waals surface area contributed by atoms with Crippen LogP contribution in [0, 0.1) is 0 Å². The molecule has 1 fully saturated rings. The van der Waals surface area contributed by atoms with Gasteiger partial charge in [0.1, 0.15) is 6.54 Å². The van der Waals surface area contributed by atoms with E-state index in [1.54, 1.807) is 11.8 Å². The van der Waals surface area contributed by atoms with Crippen molar-refractivity contribution < 1.29 is 14.3 Å². The van der Waals surface area contributed by atoms with Gasteiger partial charge in [0.25, 0.3) is 0 Å². The number of para-hydroxylation sites is 1. The molecule has 2 amide bonds. The lowest BCUT2D eigenvalue weighted by molar-refractivity contribution is -0.140. The summed E-state index contributed by atoms with van der Waals surface area (Å²) in [6.07, 6.45) is 2.15. The van der Waals surface area contributed by atoms with Crippen molar-refractivity contribution in [2.75, 3.05) is 31.9 Å². The number of nitrogens with zero attached hydrogens (tertiary/aromatic N) is 3. The number of ether oxygens (including phenoxy) is 1. The van der Waals surface area contributed by atoms with Gasteiger partial charge in [-0.2, -0.15) is 0 Å². The molecule has 0 aliphatic carbocycles. The zero-order valence-electron chi connectivity index (χ0n) is 17.8. The lowest BCUT2D eigenvalue weighted by Gasteiger charge is -2.35. The summed E-state index contributed by atoms with van der Waals surface area (Å²) in [5, 5.41) is 1.08. The predicted octanol–water partition coefficient (Wildman–Crippen LogP) is 3.24. The molecule has 0 N–H and O–H groups in total. The molecule has 2 heterocycles. The smallest absolute Gasteiger partial charge is 0.242 e. The molecule has 2 atom stereocenters. The highest BCUT2D eigenvalue weighted by molar-refractivity contribution is 8.00. The fourth-order valence-corrected chi connectivity index (χ4v) is 4.88. The number of morpholine rings is 1. The maximum absolute atomic E-state index is 12.7. The van der Waals surface area contributed by atoms with Gasteiger partial charge in [0.2, 0.25) is 11.8 Å². The second-order valence-electron chi connectivity index (χ2n) is 7.55. The van der Waals surface area contributed by atoms with E-state index in [1.807, 2.05) is 66.5 Å². The Kier molecular flexibility index (Phi) is 7.24. The zero-order valence-corrected chi connectivity index (χ0v) is 18.6. The average molecular weight is 418 g/mol. The summed E-state index contributed by atoms with van der Waals surface area (Å²) < 4.78 is 7.73. The molecule has 0 bridgehead atoms. The highest BCUT2D eigenvalue weighted by Gasteiger charge is 2.26. The molecule has 1 aromatic heterocycles. The Balaban J connectivity index is 1.73. The number of fused-ring (bicyclic) bond motifs is 1. The summed E-state index contributed by atoms with van der Waals surface area (Å²) in [5.41, 5.74) is 1.02. The highest BCUT2D eigenvalue weighted by atomic mass is 32.2. The third-order valence-electron chi connectivity index (χ3n) is 5.30. The Morgan fingerprint density at radius 1 is 1.14 bits per heavy atom. The molecule has 29 heavy (non-hydrogen) atoms. The Morgan fingerprint density at radius 2 is 1.79 bits per heavy atom. The fourth-order valence-electron chi connectivity index (χ4n) is 3.89. The second-order valence-corrected chi connectivity index (χ2v) is 8.57. The normalized spacial score (nSPS) is 19.5. The van der Waals surface area contributed by atoms with Gasteiger partial charge in [0, 0.05) is 48.2 Å². The van der Waals surface area contributed by atoms with Gasteiger partial charge in [-0.05, 0) is 33.8 Å². The van der Waals surface area contributed by atoms with Crippen molar-refractivity contribution in [3.8, 4) is 0 Å². The van der Waals surface area contributed by atoms with E-state index in [2.05, 4.69) is 6.07 Å². The molecule has 7 heteroatoms. The van der Waals surface area contributed by atoms with Gasteiger partial charge in [-0.1, -0.05) is 18.2 Å². The first kappa shape index (κ1) is 21.7. The van der Waals surface area contributed by atoms with Gasteiger partial charge in [-0.15, -0.1) is 11.8 Å². The van der Waals surface area contributed by atoms with E-state index in [0.717, 1.165) is 15.8 Å². The van der Waals surface area contributed by atoms with E-state index in [1.165, 1.54) is 0 Å². The van der Waals surface area contributed by atoms with E-state index in [9.17, 15) is 9.59 Å². The first-order valence-electron chi connectivity index (χ1n) is 10.3. The molecule has 6 nitrogen and oxygen atoms in total. The molecule has 0 radical (unpaired) electrons. The van der Waals surface area contributed by atoms with Gasteiger partial charge in [0.15, 0.2) is 0 Å². The number of benzene rings is 1. The van der Waals surface area contributed by atoms with Crippen molar-refractivity contribution in [2.24, 2.45) is 0 Å². The monoisotopic (exact) mass is 417 g/mol. The maximum Gasteiger partial charge on any atom is 0.242 e. The zero-order chi connectivity index (χ0) is 21.0. The van der Waals surface area contributed by atoms with Crippen LogP contribution in [-0.2, 0) is 20.9 Å². The molecule has 1 aromatic carbocycles. The standard InChI is InChI=1S/C22H31N3O3S/c1-5-23(6-2)21(26)14-24-13-20(18-9-7-8-10-19(18)24)29-15-22(27)25-11-16(3)28-17(4)12-25/h7-10,13,16-17H,5-6,11-12,14-15H2,1-4H3/t16-,17-/m0/s1. The highest BCUT2D eigenvalue weighted by Crippen LogP contribution is 2.30. The molecule has 0 saturated carbocycles. The van der Waals surface area contributed by atoms with Crippen LogP contribution in [0.3, 0.4) is 0 Å². The number of aromatic nitrogens is 1. The van der Waals surface area contributed by atoms with Crippen LogP contribution in [0.25, 0.3) is 10.9 Å². The van der Waals surface area contributed by atoms with Crippen LogP contribution >= 0.6 is 11.8 Å². The van der Waals surface area contributed by atoms with Crippen molar-refractivity contribution in [3.05, 3.63) is 30.5 Å². The largest absolute Gasteiger partial charge is 0.372 e. The van der Waals surface area contributed by atoms with Crippen molar-refractivity contribution in [3.63, 3.8) is 0 Å². The number of carbonyl (C=O) groups excluding carboxylic acids is 2. The van der Waals surface area contributed by atoms with Crippen molar-refractivity contribution in [1.82, 2.24) is 14.4 Å². The number of rotatable bonds is 7. The lowest BCUT2D eigenvalue weighted by atomic mass is 10.2. The van der Waals surface area contributed by atoms with Crippen LogP contribution in [0.5, 0.6) is 0 Å². The van der Waals surface area contributed by atoms with Crippen LogP contribution in [0.2, 0.25) is 0 Å². The SMILES string of the molecule is CCN(CC)C(=O)Cn1cc(SCC(=O)N2C[C@H](C)O[C@@H](C)C2)c2ccccc21.